The van der Waals surface area contributed by atoms with Gasteiger partial charge in [0.05, 0.1) is 30.0 Å². The molecule has 4 fully saturated rings. The molecule has 2 unspecified atom stereocenters. The van der Waals surface area contributed by atoms with Crippen LogP contribution in [0, 0.1) is 17.2 Å². The summed E-state index contributed by atoms with van der Waals surface area (Å²) in [5, 5.41) is 14.3. The van der Waals surface area contributed by atoms with Crippen molar-refractivity contribution in [2.45, 2.75) is 87.5 Å². The van der Waals surface area contributed by atoms with Crippen LogP contribution in [0.5, 0.6) is 0 Å². The molecule has 2 aliphatic carbocycles. The second-order valence-electron chi connectivity index (χ2n) is 13.8. The van der Waals surface area contributed by atoms with Gasteiger partial charge >= 0.3 is 0 Å². The first-order valence-corrected chi connectivity index (χ1v) is 16.4. The number of aromatic nitrogens is 3. The van der Waals surface area contributed by atoms with Crippen LogP contribution >= 0.6 is 0 Å². The number of rotatable bonds is 2. The summed E-state index contributed by atoms with van der Waals surface area (Å²) in [5.74, 6) is -3.14. The molecule has 236 valence electrons. The highest BCUT2D eigenvalue weighted by molar-refractivity contribution is 5.88. The molecule has 0 radical (unpaired) electrons. The van der Waals surface area contributed by atoms with Gasteiger partial charge in [-0.15, -0.1) is 0 Å². The van der Waals surface area contributed by atoms with Crippen LogP contribution in [0.4, 0.5) is 14.6 Å². The minimum absolute atomic E-state index is 0.0541. The van der Waals surface area contributed by atoms with Gasteiger partial charge in [0, 0.05) is 35.7 Å². The summed E-state index contributed by atoms with van der Waals surface area (Å²) in [4.78, 5) is 27.6. The van der Waals surface area contributed by atoms with E-state index in [1.54, 1.807) is 28.8 Å². The van der Waals surface area contributed by atoms with Crippen LogP contribution in [-0.2, 0) is 28.3 Å². The normalized spacial score (nSPS) is 33.3. The number of piperidine rings is 1. The molecule has 45 heavy (non-hydrogen) atoms. The minimum Gasteiger partial charge on any atom is -0.380 e. The fraction of sp³-hybridized carbons (Fsp3) is 0.588. The zero-order valence-corrected chi connectivity index (χ0v) is 25.6. The van der Waals surface area contributed by atoms with E-state index in [0.717, 1.165) is 31.4 Å². The Kier molecular flexibility index (Phi) is 6.79. The smallest absolute Gasteiger partial charge is 0.276 e. The molecule has 11 heteroatoms. The van der Waals surface area contributed by atoms with Crippen molar-refractivity contribution in [3.8, 4) is 6.07 Å². The summed E-state index contributed by atoms with van der Waals surface area (Å²) >= 11 is 0. The van der Waals surface area contributed by atoms with E-state index in [-0.39, 0.29) is 11.1 Å². The van der Waals surface area contributed by atoms with Gasteiger partial charge in [-0.25, -0.2) is 18.7 Å². The molecule has 8 bridgehead atoms. The number of alkyl halides is 2. The maximum absolute atomic E-state index is 16.2. The van der Waals surface area contributed by atoms with E-state index >= 15 is 8.78 Å². The van der Waals surface area contributed by atoms with Crippen LogP contribution in [0.1, 0.15) is 68.6 Å². The zero-order chi connectivity index (χ0) is 31.0. The van der Waals surface area contributed by atoms with E-state index in [2.05, 4.69) is 31.2 Å². The number of pyridine rings is 1. The number of halogens is 2. The average Bonchev–Trinajstić information content (AvgIpc) is 3.94. The van der Waals surface area contributed by atoms with Gasteiger partial charge in [-0.3, -0.25) is 14.3 Å². The van der Waals surface area contributed by atoms with Gasteiger partial charge in [-0.1, -0.05) is 18.2 Å². The molecule has 3 aromatic rings. The SMILES string of the molecule is C[C@]1(N2C3C[C@H]32)Nc2ncnc3c2cc(C2(C#N)CC2)c(=O)n3CCOCCCCN2CCC(CC2)C(F)(F)c2cccc1c2. The lowest BCUT2D eigenvalue weighted by Crippen LogP contribution is -2.44. The van der Waals surface area contributed by atoms with Gasteiger partial charge in [0.1, 0.15) is 23.5 Å². The van der Waals surface area contributed by atoms with Crippen molar-refractivity contribution >= 4 is 16.9 Å². The highest BCUT2D eigenvalue weighted by Gasteiger charge is 2.69. The number of hydrogen-bond donors (Lipinski definition) is 1. The third-order valence-electron chi connectivity index (χ3n) is 11.0. The summed E-state index contributed by atoms with van der Waals surface area (Å²) in [7, 11) is 0. The fourth-order valence-corrected chi connectivity index (χ4v) is 7.75. The first kappa shape index (κ1) is 29.0. The van der Waals surface area contributed by atoms with Crippen LogP contribution in [0.3, 0.4) is 0 Å². The molecule has 4 atom stereocenters. The topological polar surface area (TPSA) is 99.1 Å². The molecule has 9 rings (SSSR count). The molecular formula is C34H39F2N7O2. The van der Waals surface area contributed by atoms with E-state index in [4.69, 9.17) is 4.74 Å². The molecular weight excluding hydrogens is 576 g/mol. The Morgan fingerprint density at radius 3 is 2.51 bits per heavy atom. The van der Waals surface area contributed by atoms with E-state index in [9.17, 15) is 10.1 Å². The second-order valence-corrected chi connectivity index (χ2v) is 13.8. The Balaban J connectivity index is 1.25. The number of anilines is 1. The Morgan fingerprint density at radius 2 is 1.80 bits per heavy atom. The van der Waals surface area contributed by atoms with Crippen LogP contribution in [-0.4, -0.2) is 69.3 Å². The molecule has 6 heterocycles. The second kappa shape index (κ2) is 10.5. The molecule has 1 aromatic carbocycles. The molecule has 2 saturated heterocycles. The number of benzene rings is 1. The number of hydrogen-bond acceptors (Lipinski definition) is 8. The molecule has 4 aliphatic heterocycles. The summed E-state index contributed by atoms with van der Waals surface area (Å²) in [6, 6.07) is 11.9. The van der Waals surface area contributed by atoms with E-state index in [1.807, 2.05) is 13.0 Å². The van der Waals surface area contributed by atoms with Crippen molar-refractivity contribution < 1.29 is 13.5 Å². The maximum atomic E-state index is 16.2. The highest BCUT2D eigenvalue weighted by Crippen LogP contribution is 2.58. The molecule has 0 amide bonds. The molecule has 0 spiro atoms. The Bertz CT molecular complexity index is 1730. The Morgan fingerprint density at radius 1 is 1.02 bits per heavy atom. The summed E-state index contributed by atoms with van der Waals surface area (Å²) in [6.45, 7) is 5.43. The van der Waals surface area contributed by atoms with Crippen molar-refractivity contribution in [1.29, 1.82) is 5.26 Å². The third kappa shape index (κ3) is 4.84. The minimum atomic E-state index is -2.94. The van der Waals surface area contributed by atoms with Crippen molar-refractivity contribution in [3.63, 3.8) is 0 Å². The van der Waals surface area contributed by atoms with E-state index < -0.39 is 22.9 Å². The average molecular weight is 616 g/mol. The number of likely N-dealkylation sites (tertiary alicyclic amines) is 1. The van der Waals surface area contributed by atoms with Gasteiger partial charge in [0.2, 0.25) is 0 Å². The first-order valence-electron chi connectivity index (χ1n) is 16.4. The molecule has 6 aliphatic rings. The van der Waals surface area contributed by atoms with Crippen molar-refractivity contribution in [2.75, 3.05) is 38.2 Å². The van der Waals surface area contributed by atoms with Crippen LogP contribution in [0.2, 0.25) is 0 Å². The summed E-state index contributed by atoms with van der Waals surface area (Å²) < 4.78 is 39.9. The Hall–Kier alpha value is -3.46. The van der Waals surface area contributed by atoms with Crippen molar-refractivity contribution in [3.05, 3.63) is 63.7 Å². The summed E-state index contributed by atoms with van der Waals surface area (Å²) in [5.41, 5.74) is -0.129. The lowest BCUT2D eigenvalue weighted by Gasteiger charge is -2.39. The van der Waals surface area contributed by atoms with Gasteiger partial charge in [-0.2, -0.15) is 5.26 Å². The van der Waals surface area contributed by atoms with Gasteiger partial charge in [-0.05, 0) is 89.2 Å². The number of ether oxygens (including phenoxy) is 1. The third-order valence-corrected chi connectivity index (χ3v) is 11.0. The number of nitriles is 1. The number of nitrogens with zero attached hydrogens (tertiary/aromatic N) is 6. The summed E-state index contributed by atoms with van der Waals surface area (Å²) in [6.07, 6.45) is 6.49. The molecule has 9 nitrogen and oxygen atoms in total. The molecule has 2 aromatic heterocycles. The molecule has 1 N–H and O–H groups in total. The number of fused-ring (bicyclic) bond motifs is 10. The van der Waals surface area contributed by atoms with Crippen LogP contribution < -0.4 is 10.9 Å². The Labute approximate surface area is 261 Å². The van der Waals surface area contributed by atoms with E-state index in [1.165, 1.54) is 6.33 Å². The number of nitrogens with one attached hydrogen (secondary N) is 1. The predicted octanol–water partition coefficient (Wildman–Crippen LogP) is 4.70. The van der Waals surface area contributed by atoms with Gasteiger partial charge in [0.25, 0.3) is 11.5 Å². The quantitative estimate of drug-likeness (QED) is 0.415. The monoisotopic (exact) mass is 615 g/mol. The lowest BCUT2D eigenvalue weighted by atomic mass is 9.85. The van der Waals surface area contributed by atoms with Gasteiger partial charge < -0.3 is 15.0 Å². The van der Waals surface area contributed by atoms with Crippen LogP contribution in [0.25, 0.3) is 11.0 Å². The van der Waals surface area contributed by atoms with E-state index in [0.29, 0.717) is 93.0 Å². The van der Waals surface area contributed by atoms with Gasteiger partial charge in [0.15, 0.2) is 0 Å². The maximum Gasteiger partial charge on any atom is 0.276 e. The molecule has 2 saturated carbocycles. The van der Waals surface area contributed by atoms with Crippen LogP contribution in [0.15, 0.2) is 41.5 Å². The van der Waals surface area contributed by atoms with Crippen molar-refractivity contribution in [2.24, 2.45) is 5.92 Å². The highest BCUT2D eigenvalue weighted by atomic mass is 19.3. The predicted molar refractivity (Wildman–Crippen MR) is 165 cm³/mol. The fourth-order valence-electron chi connectivity index (χ4n) is 7.75. The first-order chi connectivity index (χ1) is 21.7. The standard InChI is InChI=1S/C34H39F2N7O2/c1-32(43-27-19-28(27)43)23-5-4-6-24(17-23)34(35,36)22-7-12-41(13-8-22)11-2-3-15-45-16-14-42-30-25(29(40-32)38-21-39-30)18-26(31(42)44)33(20-37)9-10-33/h4-6,17-18,21-22,27-28H,2-3,7-16,19H2,1H3,(H,38,39,40)/t27-,28?,32-,43?/m1/s1. The lowest BCUT2D eigenvalue weighted by molar-refractivity contribution is -0.0856. The largest absolute Gasteiger partial charge is 0.380 e. The zero-order valence-electron chi connectivity index (χ0n) is 25.6. The van der Waals surface area contributed by atoms with Crippen molar-refractivity contribution in [1.82, 2.24) is 24.3 Å².